The third kappa shape index (κ3) is 4.79. The van der Waals surface area contributed by atoms with E-state index in [1.165, 1.54) is 0 Å². The van der Waals surface area contributed by atoms with Gasteiger partial charge in [0, 0.05) is 18.9 Å². The van der Waals surface area contributed by atoms with Crippen molar-refractivity contribution in [2.45, 2.75) is 50.8 Å². The van der Waals surface area contributed by atoms with Crippen LogP contribution in [0, 0.1) is 0 Å². The van der Waals surface area contributed by atoms with Crippen molar-refractivity contribution in [3.05, 3.63) is 59.7 Å². The second-order valence-corrected chi connectivity index (χ2v) is 9.39. The Morgan fingerprint density at radius 2 is 1.61 bits per heavy atom. The Balaban J connectivity index is 1.43. The molecule has 8 nitrogen and oxygen atoms in total. The number of fused-ring (bicyclic) bond motifs is 3. The van der Waals surface area contributed by atoms with Crippen molar-refractivity contribution in [3.63, 3.8) is 0 Å². The molecular weight excluding hydrogens is 424 g/mol. The van der Waals surface area contributed by atoms with E-state index >= 15 is 0 Å². The summed E-state index contributed by atoms with van der Waals surface area (Å²) in [5.41, 5.74) is 3.70. The molecular formula is C25H28N2O6. The first kappa shape index (κ1) is 22.6. The van der Waals surface area contributed by atoms with Gasteiger partial charge in [-0.15, -0.1) is 0 Å². The fourth-order valence-corrected chi connectivity index (χ4v) is 4.53. The summed E-state index contributed by atoms with van der Waals surface area (Å²) in [5.74, 6) is -1.26. The van der Waals surface area contributed by atoms with Gasteiger partial charge in [-0.3, -0.25) is 4.90 Å². The van der Waals surface area contributed by atoms with Crippen LogP contribution in [0.5, 0.6) is 0 Å². The zero-order valence-electron chi connectivity index (χ0n) is 18.9. The number of ether oxygens (including phenoxy) is 2. The lowest BCUT2D eigenvalue weighted by atomic mass is 9.98. The Labute approximate surface area is 192 Å². The Morgan fingerprint density at radius 3 is 2.15 bits per heavy atom. The molecule has 4 rings (SSSR count). The number of hydrogen-bond acceptors (Lipinski definition) is 5. The molecule has 0 aromatic heterocycles. The summed E-state index contributed by atoms with van der Waals surface area (Å²) in [6.07, 6.45) is -1.28. The zero-order chi connectivity index (χ0) is 23.8. The van der Waals surface area contributed by atoms with Crippen LogP contribution in [0.3, 0.4) is 0 Å². The topological polar surface area (TPSA) is 105 Å². The number of carboxylic acids is 1. The molecule has 0 saturated carbocycles. The number of amides is 2. The largest absolute Gasteiger partial charge is 0.480 e. The lowest BCUT2D eigenvalue weighted by molar-refractivity contribution is -0.141. The maximum atomic E-state index is 12.9. The molecule has 0 unspecified atom stereocenters. The molecule has 2 amide bonds. The van der Waals surface area contributed by atoms with Gasteiger partial charge in [0.1, 0.15) is 18.2 Å². The van der Waals surface area contributed by atoms with Crippen LogP contribution in [0.1, 0.15) is 44.2 Å². The highest BCUT2D eigenvalue weighted by atomic mass is 16.6. The number of benzene rings is 2. The number of hydrogen-bond donors (Lipinski definition) is 2. The first-order chi connectivity index (χ1) is 15.6. The zero-order valence-corrected chi connectivity index (χ0v) is 18.9. The van der Waals surface area contributed by atoms with Gasteiger partial charge in [0.25, 0.3) is 0 Å². The summed E-state index contributed by atoms with van der Waals surface area (Å²) < 4.78 is 10.9. The average molecular weight is 453 g/mol. The number of nitrogens with one attached hydrogen (secondary N) is 1. The van der Waals surface area contributed by atoms with Crippen molar-refractivity contribution in [2.24, 2.45) is 0 Å². The van der Waals surface area contributed by atoms with Gasteiger partial charge in [0.2, 0.25) is 0 Å². The highest BCUT2D eigenvalue weighted by molar-refractivity contribution is 5.82. The summed E-state index contributed by atoms with van der Waals surface area (Å²) in [7, 11) is 0. The Hall–Kier alpha value is -3.55. The second-order valence-electron chi connectivity index (χ2n) is 9.39. The van der Waals surface area contributed by atoms with Crippen molar-refractivity contribution >= 4 is 18.2 Å². The summed E-state index contributed by atoms with van der Waals surface area (Å²) in [6, 6.07) is 14.4. The van der Waals surface area contributed by atoms with E-state index in [1.807, 2.05) is 48.5 Å². The minimum absolute atomic E-state index is 0.0346. The van der Waals surface area contributed by atoms with E-state index in [1.54, 1.807) is 20.8 Å². The van der Waals surface area contributed by atoms with Crippen LogP contribution in [0.2, 0.25) is 0 Å². The summed E-state index contributed by atoms with van der Waals surface area (Å²) in [5, 5.41) is 12.3. The first-order valence-electron chi connectivity index (χ1n) is 11.0. The van der Waals surface area contributed by atoms with Gasteiger partial charge in [-0.05, 0) is 43.0 Å². The molecule has 0 bridgehead atoms. The Morgan fingerprint density at radius 1 is 1.03 bits per heavy atom. The predicted octanol–water partition coefficient (Wildman–Crippen LogP) is 3.99. The standard InChI is InChI=1S/C25H28N2O6/c1-25(2,3)33-23(30)26-15-12-21(22(28)29)27(13-15)24(31)32-14-20-18-10-6-4-8-16(18)17-9-5-7-11-19(17)20/h4-11,15,20-21H,12-14H2,1-3H3,(H,26,30)(H,28,29)/t15-,21-/m1/s1. The van der Waals surface area contributed by atoms with E-state index < -0.39 is 35.8 Å². The van der Waals surface area contributed by atoms with Gasteiger partial charge in [-0.2, -0.15) is 0 Å². The molecule has 33 heavy (non-hydrogen) atoms. The molecule has 1 heterocycles. The van der Waals surface area contributed by atoms with Crippen molar-refractivity contribution in [2.75, 3.05) is 13.2 Å². The predicted molar refractivity (Wildman–Crippen MR) is 121 cm³/mol. The van der Waals surface area contributed by atoms with Crippen molar-refractivity contribution in [3.8, 4) is 11.1 Å². The SMILES string of the molecule is CC(C)(C)OC(=O)N[C@@H]1C[C@H](C(=O)O)N(C(=O)OCC2c3ccccc3-c3ccccc32)C1. The first-order valence-corrected chi connectivity index (χ1v) is 11.0. The van der Waals surface area contributed by atoms with Crippen molar-refractivity contribution in [1.82, 2.24) is 10.2 Å². The number of alkyl carbamates (subject to hydrolysis) is 1. The molecule has 8 heteroatoms. The van der Waals surface area contributed by atoms with Crippen molar-refractivity contribution in [1.29, 1.82) is 0 Å². The molecule has 174 valence electrons. The Kier molecular flexibility index (Phi) is 6.01. The van der Waals surface area contributed by atoms with Crippen LogP contribution >= 0.6 is 0 Å². The van der Waals surface area contributed by atoms with Crippen LogP contribution in [-0.2, 0) is 14.3 Å². The number of carbonyl (C=O) groups is 3. The van der Waals surface area contributed by atoms with Gasteiger partial charge in [-0.1, -0.05) is 48.5 Å². The molecule has 2 aliphatic rings. The van der Waals surface area contributed by atoms with Gasteiger partial charge >= 0.3 is 18.2 Å². The molecule has 2 atom stereocenters. The average Bonchev–Trinajstić information content (AvgIpc) is 3.30. The van der Waals surface area contributed by atoms with Crippen LogP contribution < -0.4 is 5.32 Å². The van der Waals surface area contributed by atoms with Gasteiger partial charge in [0.05, 0.1) is 6.04 Å². The van der Waals surface area contributed by atoms with Gasteiger partial charge in [0.15, 0.2) is 0 Å². The molecule has 0 spiro atoms. The molecule has 2 aromatic carbocycles. The van der Waals surface area contributed by atoms with E-state index in [-0.39, 0.29) is 25.5 Å². The molecule has 1 fully saturated rings. The number of carbonyl (C=O) groups excluding carboxylic acids is 2. The number of rotatable bonds is 4. The fourth-order valence-electron chi connectivity index (χ4n) is 4.53. The third-order valence-electron chi connectivity index (χ3n) is 5.88. The number of likely N-dealkylation sites (tertiary alicyclic amines) is 1. The van der Waals surface area contributed by atoms with Crippen molar-refractivity contribution < 1.29 is 29.0 Å². The minimum Gasteiger partial charge on any atom is -0.480 e. The minimum atomic E-state index is -1.14. The smallest absolute Gasteiger partial charge is 0.410 e. The maximum Gasteiger partial charge on any atom is 0.410 e. The van der Waals surface area contributed by atoms with E-state index in [9.17, 15) is 19.5 Å². The van der Waals surface area contributed by atoms with E-state index in [4.69, 9.17) is 9.47 Å². The van der Waals surface area contributed by atoms with Crippen LogP contribution in [0.25, 0.3) is 11.1 Å². The molecule has 2 aromatic rings. The highest BCUT2D eigenvalue weighted by Gasteiger charge is 2.42. The van der Waals surface area contributed by atoms with Crippen LogP contribution in [0.4, 0.5) is 9.59 Å². The van der Waals surface area contributed by atoms with E-state index in [0.29, 0.717) is 0 Å². The maximum absolute atomic E-state index is 12.9. The molecule has 2 N–H and O–H groups in total. The molecule has 1 saturated heterocycles. The van der Waals surface area contributed by atoms with E-state index in [0.717, 1.165) is 27.2 Å². The van der Waals surface area contributed by atoms with Gasteiger partial charge < -0.3 is 19.9 Å². The normalized spacial score (nSPS) is 19.5. The molecule has 1 aliphatic heterocycles. The van der Waals surface area contributed by atoms with E-state index in [2.05, 4.69) is 5.32 Å². The Bertz CT molecular complexity index is 1030. The lowest BCUT2D eigenvalue weighted by Gasteiger charge is -2.23. The van der Waals surface area contributed by atoms with Crippen LogP contribution in [0.15, 0.2) is 48.5 Å². The highest BCUT2D eigenvalue weighted by Crippen LogP contribution is 2.44. The fraction of sp³-hybridized carbons (Fsp3) is 0.400. The third-order valence-corrected chi connectivity index (χ3v) is 5.88. The summed E-state index contributed by atoms with van der Waals surface area (Å²) in [4.78, 5) is 37.9. The van der Waals surface area contributed by atoms with Gasteiger partial charge in [-0.25, -0.2) is 14.4 Å². The monoisotopic (exact) mass is 452 g/mol. The summed E-state index contributed by atoms with van der Waals surface area (Å²) in [6.45, 7) is 5.35. The molecule has 0 radical (unpaired) electrons. The second kappa shape index (κ2) is 8.77. The number of aliphatic carboxylic acids is 1. The quantitative estimate of drug-likeness (QED) is 0.727. The number of carboxylic acid groups (broad SMARTS) is 1. The number of nitrogens with zero attached hydrogens (tertiary/aromatic N) is 1. The molecule has 1 aliphatic carbocycles. The van der Waals surface area contributed by atoms with Crippen LogP contribution in [-0.4, -0.2) is 59.0 Å². The summed E-state index contributed by atoms with van der Waals surface area (Å²) >= 11 is 0. The lowest BCUT2D eigenvalue weighted by Crippen LogP contribution is -2.43.